The van der Waals surface area contributed by atoms with Crippen molar-refractivity contribution < 1.29 is 0 Å². The topological polar surface area (TPSA) is 0 Å². The van der Waals surface area contributed by atoms with Gasteiger partial charge in [0.2, 0.25) is 0 Å². The summed E-state index contributed by atoms with van der Waals surface area (Å²) < 4.78 is 0. The number of benzene rings is 1. The average molecular weight is 283 g/mol. The van der Waals surface area contributed by atoms with Gasteiger partial charge in [0.25, 0.3) is 0 Å². The summed E-state index contributed by atoms with van der Waals surface area (Å²) >= 11 is 6.85. The van der Waals surface area contributed by atoms with Gasteiger partial charge in [0.05, 0.1) is 0 Å². The molecule has 0 spiro atoms. The van der Waals surface area contributed by atoms with E-state index < -0.39 is 7.27 Å². The van der Waals surface area contributed by atoms with Gasteiger partial charge in [0.1, 0.15) is 0 Å². The molecule has 0 bridgehead atoms. The zero-order valence-corrected chi connectivity index (χ0v) is 13.3. The minimum absolute atomic E-state index is 0.520. The molecule has 18 heavy (non-hydrogen) atoms. The maximum Gasteiger partial charge on any atom is 0.0247 e. The fourth-order valence-electron chi connectivity index (χ4n) is 3.17. The van der Waals surface area contributed by atoms with Gasteiger partial charge in [-0.15, -0.1) is 0 Å². The number of rotatable bonds is 3. The second kappa shape index (κ2) is 6.40. The van der Waals surface area contributed by atoms with E-state index >= 15 is 0 Å². The van der Waals surface area contributed by atoms with Crippen LogP contribution in [-0.4, -0.2) is 5.66 Å². The Kier molecular flexibility index (Phi) is 5.10. The van der Waals surface area contributed by atoms with Crippen LogP contribution in [0, 0.1) is 17.8 Å². The van der Waals surface area contributed by atoms with Crippen LogP contribution in [0.5, 0.6) is 0 Å². The van der Waals surface area contributed by atoms with Gasteiger partial charge in [-0.3, -0.25) is 0 Å². The Balaban J connectivity index is 2.17. The molecule has 0 aliphatic heterocycles. The molecule has 2 rings (SSSR count). The first-order valence-corrected chi connectivity index (χ1v) is 9.41. The first-order chi connectivity index (χ1) is 8.59. The molecule has 0 saturated heterocycles. The van der Waals surface area contributed by atoms with Crippen molar-refractivity contribution in [1.82, 2.24) is 0 Å². The zero-order chi connectivity index (χ0) is 13.1. The minimum atomic E-state index is -0.520. The molecule has 4 unspecified atom stereocenters. The molecule has 1 aromatic carbocycles. The lowest BCUT2D eigenvalue weighted by atomic mass is 9.77. The van der Waals surface area contributed by atoms with Gasteiger partial charge in [-0.05, 0) is 35.9 Å². The van der Waals surface area contributed by atoms with Crippen LogP contribution < -0.4 is 5.30 Å². The number of halogens is 1. The highest BCUT2D eigenvalue weighted by atomic mass is 35.7. The van der Waals surface area contributed by atoms with Gasteiger partial charge in [-0.2, -0.15) is 0 Å². The van der Waals surface area contributed by atoms with Gasteiger partial charge in [0, 0.05) is 12.9 Å². The summed E-state index contributed by atoms with van der Waals surface area (Å²) in [5.41, 5.74) is 0.702. The van der Waals surface area contributed by atoms with Crippen molar-refractivity contribution in [2.24, 2.45) is 17.8 Å². The summed E-state index contributed by atoms with van der Waals surface area (Å²) in [6.45, 7) is 7.10. The van der Waals surface area contributed by atoms with E-state index in [2.05, 4.69) is 51.1 Å². The van der Waals surface area contributed by atoms with Crippen LogP contribution in [0.15, 0.2) is 30.3 Å². The van der Waals surface area contributed by atoms with E-state index in [1.54, 1.807) is 0 Å². The minimum Gasteiger partial charge on any atom is -0.0909 e. The maximum atomic E-state index is 6.85. The molecule has 1 saturated carbocycles. The molecular weight excluding hydrogens is 259 g/mol. The Bertz CT molecular complexity index is 363. The third-order valence-electron chi connectivity index (χ3n) is 4.28. The second-order valence-corrected chi connectivity index (χ2v) is 8.93. The lowest BCUT2D eigenvalue weighted by Crippen LogP contribution is -2.31. The molecular formula is C16H24ClP. The second-order valence-electron chi connectivity index (χ2n) is 6.04. The molecule has 0 radical (unpaired) electrons. The summed E-state index contributed by atoms with van der Waals surface area (Å²) in [6.07, 6.45) is 4.06. The Morgan fingerprint density at radius 3 is 2.44 bits per heavy atom. The molecule has 1 aliphatic rings. The highest BCUT2D eigenvalue weighted by Crippen LogP contribution is 2.55. The van der Waals surface area contributed by atoms with Gasteiger partial charge in [-0.25, -0.2) is 0 Å². The van der Waals surface area contributed by atoms with E-state index in [0.717, 1.165) is 17.8 Å². The predicted molar refractivity (Wildman–Crippen MR) is 84.0 cm³/mol. The van der Waals surface area contributed by atoms with Crippen molar-refractivity contribution in [2.75, 3.05) is 0 Å². The SMILES string of the molecule is CC1CCC(C(C)C)C(P(Cl)c2ccccc2)C1. The monoisotopic (exact) mass is 282 g/mol. The molecule has 4 atom stereocenters. The van der Waals surface area contributed by atoms with Crippen LogP contribution in [0.4, 0.5) is 0 Å². The van der Waals surface area contributed by atoms with E-state index in [1.807, 2.05) is 0 Å². The van der Waals surface area contributed by atoms with Crippen LogP contribution in [0.1, 0.15) is 40.0 Å². The summed E-state index contributed by atoms with van der Waals surface area (Å²) in [4.78, 5) is 0. The molecule has 0 N–H and O–H groups in total. The van der Waals surface area contributed by atoms with E-state index in [4.69, 9.17) is 11.2 Å². The molecule has 2 heteroatoms. The molecule has 0 heterocycles. The third-order valence-corrected chi connectivity index (χ3v) is 7.59. The van der Waals surface area contributed by atoms with Crippen molar-refractivity contribution in [2.45, 2.75) is 45.7 Å². The quantitative estimate of drug-likeness (QED) is 0.650. The molecule has 0 nitrogen and oxygen atoms in total. The van der Waals surface area contributed by atoms with Gasteiger partial charge < -0.3 is 0 Å². The van der Waals surface area contributed by atoms with E-state index in [0.29, 0.717) is 5.66 Å². The van der Waals surface area contributed by atoms with Crippen molar-refractivity contribution in [3.63, 3.8) is 0 Å². The maximum absolute atomic E-state index is 6.85. The molecule has 0 amide bonds. The first kappa shape index (κ1) is 14.4. The highest BCUT2D eigenvalue weighted by Gasteiger charge is 2.35. The summed E-state index contributed by atoms with van der Waals surface area (Å²) in [7, 11) is -0.520. The fraction of sp³-hybridized carbons (Fsp3) is 0.625. The third kappa shape index (κ3) is 3.28. The van der Waals surface area contributed by atoms with Crippen LogP contribution in [0.2, 0.25) is 0 Å². The Morgan fingerprint density at radius 1 is 1.17 bits per heavy atom. The van der Waals surface area contributed by atoms with Crippen LogP contribution in [-0.2, 0) is 0 Å². The highest BCUT2D eigenvalue weighted by molar-refractivity contribution is 7.90. The van der Waals surface area contributed by atoms with Crippen LogP contribution in [0.3, 0.4) is 0 Å². The van der Waals surface area contributed by atoms with E-state index in [9.17, 15) is 0 Å². The van der Waals surface area contributed by atoms with Gasteiger partial charge >= 0.3 is 0 Å². The van der Waals surface area contributed by atoms with Crippen molar-refractivity contribution in [3.8, 4) is 0 Å². The number of hydrogen-bond donors (Lipinski definition) is 0. The summed E-state index contributed by atoms with van der Waals surface area (Å²) in [6, 6.07) is 10.7. The average Bonchev–Trinajstić information content (AvgIpc) is 2.38. The van der Waals surface area contributed by atoms with Gasteiger partial charge in [0.15, 0.2) is 0 Å². The van der Waals surface area contributed by atoms with E-state index in [1.165, 1.54) is 24.6 Å². The largest absolute Gasteiger partial charge is 0.0909 e. The lowest BCUT2D eigenvalue weighted by Gasteiger charge is -2.39. The van der Waals surface area contributed by atoms with Crippen LogP contribution in [0.25, 0.3) is 0 Å². The molecule has 1 aliphatic carbocycles. The van der Waals surface area contributed by atoms with Crippen molar-refractivity contribution >= 4 is 23.8 Å². The Morgan fingerprint density at radius 2 is 1.83 bits per heavy atom. The normalized spacial score (nSPS) is 30.4. The Hall–Kier alpha value is -0.0600. The molecule has 0 aromatic heterocycles. The fourth-order valence-corrected chi connectivity index (χ4v) is 6.40. The van der Waals surface area contributed by atoms with Crippen molar-refractivity contribution in [3.05, 3.63) is 30.3 Å². The summed E-state index contributed by atoms with van der Waals surface area (Å²) in [5, 5.41) is 1.36. The Labute approximate surface area is 118 Å². The lowest BCUT2D eigenvalue weighted by molar-refractivity contribution is 0.242. The van der Waals surface area contributed by atoms with Crippen LogP contribution >= 0.6 is 18.5 Å². The zero-order valence-electron chi connectivity index (χ0n) is 11.6. The molecule has 1 fully saturated rings. The van der Waals surface area contributed by atoms with E-state index in [-0.39, 0.29) is 0 Å². The molecule has 1 aromatic rings. The predicted octanol–water partition coefficient (Wildman–Crippen LogP) is 5.41. The molecule has 100 valence electrons. The number of hydrogen-bond acceptors (Lipinski definition) is 0. The summed E-state index contributed by atoms with van der Waals surface area (Å²) in [5.74, 6) is 2.41. The van der Waals surface area contributed by atoms with Crippen molar-refractivity contribution in [1.29, 1.82) is 0 Å². The smallest absolute Gasteiger partial charge is 0.0247 e. The first-order valence-electron chi connectivity index (χ1n) is 7.09. The van der Waals surface area contributed by atoms with Gasteiger partial charge in [-0.1, -0.05) is 68.8 Å². The standard InChI is InChI=1S/C16H24ClP/c1-12(2)15-10-9-13(3)11-16(15)18(17)14-7-5-4-6-8-14/h4-8,12-13,15-16H,9-11H2,1-3H3.